The lowest BCUT2D eigenvalue weighted by molar-refractivity contribution is 0.505. The highest BCUT2D eigenvalue weighted by atomic mass is 32.2. The maximum Gasteiger partial charge on any atom is 0.279 e. The van der Waals surface area contributed by atoms with E-state index in [0.29, 0.717) is 0 Å². The van der Waals surface area contributed by atoms with Crippen LogP contribution in [0.5, 0.6) is 0 Å². The Morgan fingerprint density at radius 3 is 2.40 bits per heavy atom. The number of aromatic nitrogens is 1. The molecule has 1 rings (SSSR count). The van der Waals surface area contributed by atoms with Gasteiger partial charge in [0.2, 0.25) is 0 Å². The number of nitrogens with one attached hydrogen (secondary N) is 1. The van der Waals surface area contributed by atoms with Gasteiger partial charge in [0, 0.05) is 19.0 Å². The van der Waals surface area contributed by atoms with E-state index in [1.807, 2.05) is 13.8 Å². The molecule has 0 aliphatic heterocycles. The molecule has 0 atom stereocenters. The zero-order valence-corrected chi connectivity index (χ0v) is 10.9. The lowest BCUT2D eigenvalue weighted by Crippen LogP contribution is -2.35. The van der Waals surface area contributed by atoms with E-state index in [1.165, 1.54) is 25.4 Å². The van der Waals surface area contributed by atoms with Crippen molar-refractivity contribution in [3.63, 3.8) is 0 Å². The highest BCUT2D eigenvalue weighted by Crippen LogP contribution is 2.16. The van der Waals surface area contributed by atoms with E-state index in [0.717, 1.165) is 19.9 Å². The summed E-state index contributed by atoms with van der Waals surface area (Å²) in [7, 11) is -0.376. The molecule has 1 N–H and O–H groups in total. The lowest BCUT2D eigenvalue weighted by Gasteiger charge is -2.10. The summed E-state index contributed by atoms with van der Waals surface area (Å²) in [5.41, 5.74) is 0.957. The van der Waals surface area contributed by atoms with Crippen LogP contribution < -0.4 is 4.72 Å². The summed E-state index contributed by atoms with van der Waals surface area (Å²) in [5, 5.41) is 0.787. The van der Waals surface area contributed by atoms with Crippen molar-refractivity contribution in [2.24, 2.45) is 0 Å². The molecule has 0 unspecified atom stereocenters. The van der Waals surface area contributed by atoms with Gasteiger partial charge in [-0.25, -0.2) is 4.98 Å². The molecule has 15 heavy (non-hydrogen) atoms. The molecule has 1 aromatic rings. The maximum atomic E-state index is 11.4. The van der Waals surface area contributed by atoms with Crippen molar-refractivity contribution in [1.82, 2.24) is 14.0 Å². The summed E-state index contributed by atoms with van der Waals surface area (Å²) in [6.45, 7) is 4.13. The largest absolute Gasteiger partial charge is 0.279 e. The summed E-state index contributed by atoms with van der Waals surface area (Å²) in [5.74, 6) is 0. The molecule has 1 aromatic heterocycles. The fraction of sp³-hybridized carbons (Fsp3) is 0.625. The third-order valence-electron chi connectivity index (χ3n) is 1.96. The number of aryl methyl sites for hydroxylation is 2. The Hall–Kier alpha value is -0.500. The van der Waals surface area contributed by atoms with Gasteiger partial charge in [0.05, 0.1) is 12.2 Å². The van der Waals surface area contributed by atoms with Crippen LogP contribution in [0.2, 0.25) is 0 Å². The fourth-order valence-corrected chi connectivity index (χ4v) is 2.44. The number of rotatable bonds is 4. The first-order valence-corrected chi connectivity index (χ1v) is 6.68. The number of hydrogen-bond acceptors (Lipinski definition) is 4. The third-order valence-corrected chi connectivity index (χ3v) is 4.50. The van der Waals surface area contributed by atoms with Crippen molar-refractivity contribution < 1.29 is 8.42 Å². The van der Waals surface area contributed by atoms with Crippen LogP contribution in [-0.2, 0) is 16.8 Å². The van der Waals surface area contributed by atoms with Gasteiger partial charge in [-0.2, -0.15) is 17.4 Å². The predicted octanol–water partition coefficient (Wildman–Crippen LogP) is 0.656. The molecule has 0 saturated heterocycles. The SMILES string of the molecule is Cc1nc(CNS(=O)(=O)N(C)C)sc1C. The Morgan fingerprint density at radius 2 is 2.00 bits per heavy atom. The first-order valence-electron chi connectivity index (χ1n) is 4.43. The minimum atomic E-state index is -3.35. The van der Waals surface area contributed by atoms with Crippen molar-refractivity contribution >= 4 is 21.5 Å². The van der Waals surface area contributed by atoms with Crippen LogP contribution in [0.3, 0.4) is 0 Å². The number of thiazole rings is 1. The van der Waals surface area contributed by atoms with Crippen molar-refractivity contribution in [2.45, 2.75) is 20.4 Å². The standard InChI is InChI=1S/C8H15N3O2S2/c1-6-7(2)14-8(10-6)5-9-15(12,13)11(3)4/h9H,5H2,1-4H3. The fourth-order valence-electron chi connectivity index (χ4n) is 0.897. The summed E-state index contributed by atoms with van der Waals surface area (Å²) < 4.78 is 26.4. The predicted molar refractivity (Wildman–Crippen MR) is 61.0 cm³/mol. The first-order chi connectivity index (χ1) is 6.83. The highest BCUT2D eigenvalue weighted by Gasteiger charge is 2.13. The van der Waals surface area contributed by atoms with Gasteiger partial charge in [0.15, 0.2) is 0 Å². The molecular weight excluding hydrogens is 234 g/mol. The van der Waals surface area contributed by atoms with Crippen molar-refractivity contribution in [2.75, 3.05) is 14.1 Å². The quantitative estimate of drug-likeness (QED) is 0.852. The summed E-state index contributed by atoms with van der Waals surface area (Å²) in [6, 6.07) is 0. The van der Waals surface area contributed by atoms with Gasteiger partial charge in [0.25, 0.3) is 10.2 Å². The minimum absolute atomic E-state index is 0.250. The van der Waals surface area contributed by atoms with E-state index in [2.05, 4.69) is 9.71 Å². The number of nitrogens with zero attached hydrogens (tertiary/aromatic N) is 2. The lowest BCUT2D eigenvalue weighted by atomic mass is 10.4. The second kappa shape index (κ2) is 4.56. The molecule has 0 spiro atoms. The zero-order valence-electron chi connectivity index (χ0n) is 9.23. The van der Waals surface area contributed by atoms with Crippen molar-refractivity contribution in [3.8, 4) is 0 Å². The maximum absolute atomic E-state index is 11.4. The molecule has 0 radical (unpaired) electrons. The van der Waals surface area contributed by atoms with Crippen LogP contribution in [0.15, 0.2) is 0 Å². The van der Waals surface area contributed by atoms with Gasteiger partial charge in [0.1, 0.15) is 5.01 Å². The van der Waals surface area contributed by atoms with Crippen LogP contribution in [-0.4, -0.2) is 31.8 Å². The molecule has 0 aliphatic rings. The van der Waals surface area contributed by atoms with Crippen molar-refractivity contribution in [3.05, 3.63) is 15.6 Å². The van der Waals surface area contributed by atoms with Crippen LogP contribution in [0, 0.1) is 13.8 Å². The molecule has 86 valence electrons. The normalized spacial score (nSPS) is 12.3. The van der Waals surface area contributed by atoms with E-state index >= 15 is 0 Å². The van der Waals surface area contributed by atoms with Gasteiger partial charge in [-0.1, -0.05) is 0 Å². The monoisotopic (exact) mass is 249 g/mol. The molecule has 7 heteroatoms. The summed E-state index contributed by atoms with van der Waals surface area (Å²) >= 11 is 1.51. The Kier molecular flexibility index (Phi) is 3.82. The summed E-state index contributed by atoms with van der Waals surface area (Å²) in [6.07, 6.45) is 0. The zero-order chi connectivity index (χ0) is 11.6. The Labute approximate surface area is 94.3 Å². The van der Waals surface area contributed by atoms with Gasteiger partial charge in [-0.15, -0.1) is 11.3 Å². The molecular formula is C8H15N3O2S2. The van der Waals surface area contributed by atoms with Gasteiger partial charge in [-0.05, 0) is 13.8 Å². The molecule has 1 heterocycles. The Morgan fingerprint density at radius 1 is 1.40 bits per heavy atom. The van der Waals surface area contributed by atoms with Gasteiger partial charge in [-0.3, -0.25) is 0 Å². The van der Waals surface area contributed by atoms with E-state index in [-0.39, 0.29) is 6.54 Å². The second-order valence-electron chi connectivity index (χ2n) is 3.36. The molecule has 0 saturated carbocycles. The molecule has 0 aliphatic carbocycles. The van der Waals surface area contributed by atoms with Crippen molar-refractivity contribution in [1.29, 1.82) is 0 Å². The second-order valence-corrected chi connectivity index (χ2v) is 6.61. The van der Waals surface area contributed by atoms with Crippen LogP contribution in [0.25, 0.3) is 0 Å². The molecule has 0 fully saturated rings. The summed E-state index contributed by atoms with van der Waals surface area (Å²) in [4.78, 5) is 5.37. The molecule has 0 bridgehead atoms. The van der Waals surface area contributed by atoms with E-state index in [9.17, 15) is 8.42 Å². The van der Waals surface area contributed by atoms with Gasteiger partial charge >= 0.3 is 0 Å². The topological polar surface area (TPSA) is 62.3 Å². The van der Waals surface area contributed by atoms with Crippen LogP contribution in [0.4, 0.5) is 0 Å². The minimum Gasteiger partial charge on any atom is -0.245 e. The van der Waals surface area contributed by atoms with Crippen LogP contribution in [0.1, 0.15) is 15.6 Å². The van der Waals surface area contributed by atoms with E-state index in [1.54, 1.807) is 0 Å². The van der Waals surface area contributed by atoms with E-state index < -0.39 is 10.2 Å². The average Bonchev–Trinajstić information content (AvgIpc) is 2.43. The highest BCUT2D eigenvalue weighted by molar-refractivity contribution is 7.87. The molecule has 0 aromatic carbocycles. The molecule has 0 amide bonds. The Balaban J connectivity index is 2.66. The van der Waals surface area contributed by atoms with Crippen LogP contribution >= 0.6 is 11.3 Å². The smallest absolute Gasteiger partial charge is 0.245 e. The first kappa shape index (κ1) is 12.6. The third kappa shape index (κ3) is 3.23. The molecule has 5 nitrogen and oxygen atoms in total. The Bertz CT molecular complexity index is 417. The van der Waals surface area contributed by atoms with E-state index in [4.69, 9.17) is 0 Å². The number of hydrogen-bond donors (Lipinski definition) is 1. The average molecular weight is 249 g/mol. The van der Waals surface area contributed by atoms with Gasteiger partial charge < -0.3 is 0 Å².